The van der Waals surface area contributed by atoms with Gasteiger partial charge in [0.2, 0.25) is 5.91 Å². The van der Waals surface area contributed by atoms with Gasteiger partial charge < -0.3 is 15.2 Å². The average Bonchev–Trinajstić information content (AvgIpc) is 3.19. The van der Waals surface area contributed by atoms with Crippen LogP contribution in [-0.4, -0.2) is 27.9 Å². The molecule has 0 bridgehead atoms. The predicted octanol–water partition coefficient (Wildman–Crippen LogP) is 5.71. The van der Waals surface area contributed by atoms with E-state index in [1.165, 1.54) is 12.1 Å². The molecule has 0 radical (unpaired) electrons. The molecule has 0 saturated heterocycles. The van der Waals surface area contributed by atoms with Gasteiger partial charge in [0.05, 0.1) is 16.6 Å². The molecule has 0 fully saturated rings. The van der Waals surface area contributed by atoms with Crippen molar-refractivity contribution in [1.29, 1.82) is 0 Å². The number of benzene rings is 3. The molecule has 0 unspecified atom stereocenters. The maximum Gasteiger partial charge on any atom is 0.416 e. The van der Waals surface area contributed by atoms with Crippen LogP contribution in [0.2, 0.25) is 5.02 Å². The van der Waals surface area contributed by atoms with Gasteiger partial charge >= 0.3 is 6.18 Å². The minimum absolute atomic E-state index is 0.0608. The fourth-order valence-corrected chi connectivity index (χ4v) is 3.89. The summed E-state index contributed by atoms with van der Waals surface area (Å²) in [7, 11) is 0. The largest absolute Gasteiger partial charge is 0.416 e. The van der Waals surface area contributed by atoms with Crippen molar-refractivity contribution in [2.75, 3.05) is 11.9 Å². The van der Waals surface area contributed by atoms with Gasteiger partial charge in [-0.25, -0.2) is 4.98 Å². The number of nitrogens with zero attached hydrogens (tertiary/aromatic N) is 2. The zero-order valence-electron chi connectivity index (χ0n) is 19.0. The summed E-state index contributed by atoms with van der Waals surface area (Å²) >= 11 is 5.85. The first-order valence-electron chi connectivity index (χ1n) is 11.2. The molecule has 4 aromatic rings. The summed E-state index contributed by atoms with van der Waals surface area (Å²) in [5, 5.41) is 5.92. The van der Waals surface area contributed by atoms with Gasteiger partial charge in [0.25, 0.3) is 5.91 Å². The summed E-state index contributed by atoms with van der Waals surface area (Å²) in [5.74, 6) is -0.0634. The number of imidazole rings is 1. The lowest BCUT2D eigenvalue weighted by atomic mass is 10.2. The van der Waals surface area contributed by atoms with Crippen molar-refractivity contribution in [3.8, 4) is 0 Å². The lowest BCUT2D eigenvalue weighted by Gasteiger charge is -2.12. The van der Waals surface area contributed by atoms with E-state index in [4.69, 9.17) is 11.6 Å². The van der Waals surface area contributed by atoms with E-state index in [2.05, 4.69) is 15.6 Å². The van der Waals surface area contributed by atoms with E-state index in [-0.39, 0.29) is 18.1 Å². The zero-order chi connectivity index (χ0) is 25.7. The second kappa shape index (κ2) is 10.8. The number of halogens is 4. The third-order valence-electron chi connectivity index (χ3n) is 5.48. The van der Waals surface area contributed by atoms with Crippen LogP contribution < -0.4 is 10.6 Å². The number of aryl methyl sites for hydroxylation is 1. The first-order chi connectivity index (χ1) is 17.2. The Balaban J connectivity index is 1.42. The van der Waals surface area contributed by atoms with Crippen LogP contribution in [0.15, 0.2) is 72.8 Å². The maximum atomic E-state index is 13.0. The molecule has 4 rings (SSSR count). The summed E-state index contributed by atoms with van der Waals surface area (Å²) in [6.45, 7) is 0.268. The average molecular weight is 515 g/mol. The molecule has 1 aromatic heterocycles. The lowest BCUT2D eigenvalue weighted by molar-refractivity contribution is -0.137. The van der Waals surface area contributed by atoms with Crippen LogP contribution in [0.3, 0.4) is 0 Å². The molecule has 0 aliphatic carbocycles. The molecule has 2 N–H and O–H groups in total. The van der Waals surface area contributed by atoms with Crippen molar-refractivity contribution in [1.82, 2.24) is 14.9 Å². The van der Waals surface area contributed by atoms with Gasteiger partial charge in [-0.1, -0.05) is 29.8 Å². The molecule has 6 nitrogen and oxygen atoms in total. The summed E-state index contributed by atoms with van der Waals surface area (Å²) in [5.41, 5.74) is 1.15. The highest BCUT2D eigenvalue weighted by Gasteiger charge is 2.30. The Morgan fingerprint density at radius 2 is 1.72 bits per heavy atom. The quantitative estimate of drug-likeness (QED) is 0.296. The highest BCUT2D eigenvalue weighted by molar-refractivity contribution is 6.30. The first-order valence-corrected chi connectivity index (χ1v) is 11.5. The van der Waals surface area contributed by atoms with Gasteiger partial charge in [-0.15, -0.1) is 0 Å². The number of aromatic nitrogens is 2. The molecule has 1 heterocycles. The molecule has 2 amide bonds. The summed E-state index contributed by atoms with van der Waals surface area (Å²) in [4.78, 5) is 29.6. The van der Waals surface area contributed by atoms with Crippen LogP contribution in [0.25, 0.3) is 11.0 Å². The number of para-hydroxylation sites is 2. The zero-order valence-corrected chi connectivity index (χ0v) is 19.7. The Morgan fingerprint density at radius 1 is 0.972 bits per heavy atom. The van der Waals surface area contributed by atoms with E-state index in [1.807, 2.05) is 24.3 Å². The molecule has 10 heteroatoms. The number of rotatable bonds is 8. The summed E-state index contributed by atoms with van der Waals surface area (Å²) in [6.07, 6.45) is -3.46. The van der Waals surface area contributed by atoms with Crippen LogP contribution in [0, 0.1) is 0 Å². The molecule has 0 aliphatic rings. The van der Waals surface area contributed by atoms with Crippen LogP contribution in [0.1, 0.15) is 28.2 Å². The number of anilines is 1. The van der Waals surface area contributed by atoms with E-state index < -0.39 is 17.6 Å². The third kappa shape index (κ3) is 6.23. The van der Waals surface area contributed by atoms with Crippen molar-refractivity contribution >= 4 is 40.1 Å². The predicted molar refractivity (Wildman–Crippen MR) is 132 cm³/mol. The number of carbonyl (C=O) groups excluding carboxylic acids is 2. The lowest BCUT2D eigenvalue weighted by Crippen LogP contribution is -2.25. The Hall–Kier alpha value is -3.85. The van der Waals surface area contributed by atoms with Gasteiger partial charge in [-0.3, -0.25) is 9.59 Å². The van der Waals surface area contributed by atoms with E-state index >= 15 is 0 Å². The number of hydrogen-bond acceptors (Lipinski definition) is 3. The van der Waals surface area contributed by atoms with Crippen LogP contribution in [0.4, 0.5) is 18.9 Å². The molecular formula is C26H22ClF3N4O2. The number of nitrogens with one attached hydrogen (secondary N) is 2. The van der Waals surface area contributed by atoms with Crippen LogP contribution >= 0.6 is 11.6 Å². The van der Waals surface area contributed by atoms with E-state index in [1.54, 1.807) is 28.8 Å². The van der Waals surface area contributed by atoms with Gasteiger partial charge in [-0.2, -0.15) is 13.2 Å². The number of alkyl halides is 3. The fourth-order valence-electron chi connectivity index (χ4n) is 3.76. The van der Waals surface area contributed by atoms with E-state index in [0.717, 1.165) is 17.6 Å². The van der Waals surface area contributed by atoms with Gasteiger partial charge in [0.15, 0.2) is 0 Å². The smallest absolute Gasteiger partial charge is 0.352 e. The Morgan fingerprint density at radius 3 is 2.47 bits per heavy atom. The topological polar surface area (TPSA) is 76.0 Å². The van der Waals surface area contributed by atoms with Crippen LogP contribution in [0.5, 0.6) is 0 Å². The number of hydrogen-bond donors (Lipinski definition) is 2. The standard InChI is InChI=1S/C26H22ClF3N4O2/c27-19-12-10-17(11-13-19)25(36)31-14-4-9-23-33-21-7-1-2-8-22(21)34(23)16-24(35)32-20-6-3-5-18(15-20)26(28,29)30/h1-3,5-8,10-13,15H,4,9,14,16H2,(H,31,36)(H,32,35). The normalized spacial score (nSPS) is 11.4. The number of fused-ring (bicyclic) bond motifs is 1. The van der Waals surface area contributed by atoms with Crippen molar-refractivity contribution in [2.24, 2.45) is 0 Å². The summed E-state index contributed by atoms with van der Waals surface area (Å²) in [6, 6.07) is 18.4. The van der Waals surface area contributed by atoms with Gasteiger partial charge in [0, 0.05) is 29.2 Å². The second-order valence-electron chi connectivity index (χ2n) is 8.10. The molecule has 36 heavy (non-hydrogen) atoms. The SMILES string of the molecule is O=C(Cn1c(CCCNC(=O)c2ccc(Cl)cc2)nc2ccccc21)Nc1cccc(C(F)(F)F)c1. The second-order valence-corrected chi connectivity index (χ2v) is 8.53. The Labute approximate surface area is 210 Å². The van der Waals surface area contributed by atoms with Gasteiger partial charge in [0.1, 0.15) is 12.4 Å². The number of amides is 2. The van der Waals surface area contributed by atoms with Crippen molar-refractivity contribution < 1.29 is 22.8 Å². The molecule has 0 aliphatic heterocycles. The monoisotopic (exact) mass is 514 g/mol. The van der Waals surface area contributed by atoms with Crippen molar-refractivity contribution in [3.63, 3.8) is 0 Å². The minimum Gasteiger partial charge on any atom is -0.352 e. The Bertz CT molecular complexity index is 1380. The molecule has 186 valence electrons. The maximum absolute atomic E-state index is 13.0. The fraction of sp³-hybridized carbons (Fsp3) is 0.192. The molecule has 0 spiro atoms. The highest BCUT2D eigenvalue weighted by Crippen LogP contribution is 2.30. The molecular weight excluding hydrogens is 493 g/mol. The third-order valence-corrected chi connectivity index (χ3v) is 5.73. The molecule has 0 saturated carbocycles. The first kappa shape index (κ1) is 25.2. The molecule has 0 atom stereocenters. The summed E-state index contributed by atoms with van der Waals surface area (Å²) < 4.78 is 40.7. The van der Waals surface area contributed by atoms with Crippen molar-refractivity contribution in [2.45, 2.75) is 25.6 Å². The van der Waals surface area contributed by atoms with Gasteiger partial charge in [-0.05, 0) is 61.0 Å². The molecule has 3 aromatic carbocycles. The Kier molecular flexibility index (Phi) is 7.59. The van der Waals surface area contributed by atoms with Crippen LogP contribution in [-0.2, 0) is 23.9 Å². The number of carbonyl (C=O) groups is 2. The van der Waals surface area contributed by atoms with E-state index in [0.29, 0.717) is 41.3 Å². The highest BCUT2D eigenvalue weighted by atomic mass is 35.5. The van der Waals surface area contributed by atoms with E-state index in [9.17, 15) is 22.8 Å². The minimum atomic E-state index is -4.50. The van der Waals surface area contributed by atoms with Crippen molar-refractivity contribution in [3.05, 3.63) is 94.8 Å².